The number of nitrogens with zero attached hydrogens (tertiary/aromatic N) is 6. The Balaban J connectivity index is 1.74. The number of rotatable bonds is 5. The summed E-state index contributed by atoms with van der Waals surface area (Å²) in [5.41, 5.74) is 3.40. The Morgan fingerprint density at radius 1 is 1.06 bits per heavy atom. The lowest BCUT2D eigenvalue weighted by atomic mass is 9.81. The van der Waals surface area contributed by atoms with Gasteiger partial charge in [-0.2, -0.15) is 5.10 Å². The molecule has 3 aromatic rings. The molecule has 0 saturated heterocycles. The predicted molar refractivity (Wildman–Crippen MR) is 119 cm³/mol. The lowest BCUT2D eigenvalue weighted by molar-refractivity contribution is 0.0691. The van der Waals surface area contributed by atoms with Gasteiger partial charge in [-0.05, 0) is 31.7 Å². The summed E-state index contributed by atoms with van der Waals surface area (Å²) in [7, 11) is 3.79. The standard InChI is InChI=1S/C23H28N6O2/c1-28(2)23-24-12-15(13-25-23)17-11-18(22(30)31)26-21-19(17)20(14-7-6-8-14)27-29(21)16-9-4-3-5-10-16/h11-14,16H,3-10H2,1-2H3,(H,30,31). The Morgan fingerprint density at radius 3 is 2.35 bits per heavy atom. The Morgan fingerprint density at radius 2 is 1.77 bits per heavy atom. The number of hydrogen-bond donors (Lipinski definition) is 1. The number of aromatic carboxylic acids is 1. The van der Waals surface area contributed by atoms with Crippen molar-refractivity contribution < 1.29 is 9.90 Å². The quantitative estimate of drug-likeness (QED) is 0.652. The molecule has 2 aliphatic carbocycles. The summed E-state index contributed by atoms with van der Waals surface area (Å²) in [5.74, 6) is -0.00858. The van der Waals surface area contributed by atoms with Gasteiger partial charge in [-0.25, -0.2) is 24.4 Å². The van der Waals surface area contributed by atoms with Crippen LogP contribution in [0.4, 0.5) is 5.95 Å². The molecule has 8 nitrogen and oxygen atoms in total. The Bertz CT molecular complexity index is 1110. The van der Waals surface area contributed by atoms with Crippen LogP contribution in [0, 0.1) is 0 Å². The first-order valence-corrected chi connectivity index (χ1v) is 11.2. The number of carbonyl (C=O) groups is 1. The van der Waals surface area contributed by atoms with Gasteiger partial charge in [0, 0.05) is 43.5 Å². The molecule has 2 saturated carbocycles. The van der Waals surface area contributed by atoms with Crippen LogP contribution in [0.25, 0.3) is 22.2 Å². The molecule has 2 fully saturated rings. The molecular weight excluding hydrogens is 392 g/mol. The highest BCUT2D eigenvalue weighted by Crippen LogP contribution is 2.43. The van der Waals surface area contributed by atoms with Gasteiger partial charge in [0.25, 0.3) is 0 Å². The van der Waals surface area contributed by atoms with E-state index in [1.54, 1.807) is 18.5 Å². The molecule has 0 aromatic carbocycles. The summed E-state index contributed by atoms with van der Waals surface area (Å²) in [6.07, 6.45) is 12.7. The van der Waals surface area contributed by atoms with E-state index in [0.29, 0.717) is 17.5 Å². The average Bonchev–Trinajstić information content (AvgIpc) is 3.11. The third-order valence-corrected chi connectivity index (χ3v) is 6.67. The van der Waals surface area contributed by atoms with Crippen molar-refractivity contribution in [2.45, 2.75) is 63.3 Å². The second-order valence-electron chi connectivity index (χ2n) is 8.97. The first-order valence-electron chi connectivity index (χ1n) is 11.2. The molecule has 31 heavy (non-hydrogen) atoms. The molecular formula is C23H28N6O2. The topological polar surface area (TPSA) is 97.0 Å². The lowest BCUT2D eigenvalue weighted by Crippen LogP contribution is -2.16. The predicted octanol–water partition coefficient (Wildman–Crippen LogP) is 4.43. The largest absolute Gasteiger partial charge is 0.477 e. The molecule has 0 spiro atoms. The molecule has 0 bridgehead atoms. The fraction of sp³-hybridized carbons (Fsp3) is 0.522. The van der Waals surface area contributed by atoms with Gasteiger partial charge in [-0.1, -0.05) is 25.7 Å². The number of aromatic nitrogens is 5. The fourth-order valence-electron chi connectivity index (χ4n) is 4.74. The van der Waals surface area contributed by atoms with Crippen LogP contribution in [0.3, 0.4) is 0 Å². The highest BCUT2D eigenvalue weighted by Gasteiger charge is 2.31. The fourth-order valence-corrected chi connectivity index (χ4v) is 4.74. The van der Waals surface area contributed by atoms with Gasteiger partial charge in [0.1, 0.15) is 0 Å². The normalized spacial score (nSPS) is 17.6. The molecule has 2 aliphatic rings. The monoisotopic (exact) mass is 420 g/mol. The van der Waals surface area contributed by atoms with Crippen LogP contribution in [0.5, 0.6) is 0 Å². The van der Waals surface area contributed by atoms with E-state index in [2.05, 4.69) is 15.0 Å². The van der Waals surface area contributed by atoms with Gasteiger partial charge in [0.2, 0.25) is 5.95 Å². The molecule has 0 atom stereocenters. The second kappa shape index (κ2) is 7.90. The van der Waals surface area contributed by atoms with Crippen molar-refractivity contribution in [1.29, 1.82) is 0 Å². The zero-order valence-corrected chi connectivity index (χ0v) is 18.1. The maximum Gasteiger partial charge on any atom is 0.354 e. The molecule has 3 heterocycles. The average molecular weight is 421 g/mol. The maximum atomic E-state index is 11.9. The van der Waals surface area contributed by atoms with Crippen molar-refractivity contribution in [3.05, 3.63) is 29.8 Å². The molecule has 1 N–H and O–H groups in total. The van der Waals surface area contributed by atoms with Crippen molar-refractivity contribution in [3.8, 4) is 11.1 Å². The highest BCUT2D eigenvalue weighted by molar-refractivity contribution is 5.99. The van der Waals surface area contributed by atoms with E-state index < -0.39 is 5.97 Å². The van der Waals surface area contributed by atoms with Gasteiger partial charge >= 0.3 is 5.97 Å². The summed E-state index contributed by atoms with van der Waals surface area (Å²) in [6.45, 7) is 0. The lowest BCUT2D eigenvalue weighted by Gasteiger charge is -2.24. The van der Waals surface area contributed by atoms with Gasteiger partial charge in [0.15, 0.2) is 11.3 Å². The molecule has 0 aliphatic heterocycles. The van der Waals surface area contributed by atoms with Gasteiger partial charge in [-0.3, -0.25) is 0 Å². The minimum absolute atomic E-state index is 0.0382. The van der Waals surface area contributed by atoms with Crippen molar-refractivity contribution >= 4 is 23.0 Å². The second-order valence-corrected chi connectivity index (χ2v) is 8.97. The summed E-state index contributed by atoms with van der Waals surface area (Å²) >= 11 is 0. The summed E-state index contributed by atoms with van der Waals surface area (Å²) in [5, 5.41) is 15.8. The summed E-state index contributed by atoms with van der Waals surface area (Å²) < 4.78 is 2.03. The molecule has 5 rings (SSSR count). The number of hydrogen-bond acceptors (Lipinski definition) is 6. The van der Waals surface area contributed by atoms with Crippen LogP contribution in [0.2, 0.25) is 0 Å². The summed E-state index contributed by atoms with van der Waals surface area (Å²) in [6, 6.07) is 1.94. The van der Waals surface area contributed by atoms with Crippen molar-refractivity contribution in [3.63, 3.8) is 0 Å². The Kier molecular flexibility index (Phi) is 5.08. The van der Waals surface area contributed by atoms with E-state index in [0.717, 1.165) is 47.9 Å². The first kappa shape index (κ1) is 19.9. The Labute approximate surface area is 181 Å². The smallest absolute Gasteiger partial charge is 0.354 e. The molecule has 3 aromatic heterocycles. The number of fused-ring (bicyclic) bond motifs is 1. The zero-order valence-electron chi connectivity index (χ0n) is 18.1. The van der Waals surface area contributed by atoms with Crippen LogP contribution < -0.4 is 4.90 Å². The van der Waals surface area contributed by atoms with Crippen LogP contribution in [0.1, 0.15) is 79.5 Å². The molecule has 0 amide bonds. The zero-order chi connectivity index (χ0) is 21.5. The maximum absolute atomic E-state index is 11.9. The van der Waals surface area contributed by atoms with Gasteiger partial charge in [0.05, 0.1) is 17.1 Å². The number of carboxylic acids is 1. The number of pyridine rings is 1. The third-order valence-electron chi connectivity index (χ3n) is 6.67. The molecule has 0 unspecified atom stereocenters. The summed E-state index contributed by atoms with van der Waals surface area (Å²) in [4.78, 5) is 27.3. The molecule has 0 radical (unpaired) electrons. The minimum atomic E-state index is -1.03. The highest BCUT2D eigenvalue weighted by atomic mass is 16.4. The van der Waals surface area contributed by atoms with Crippen LogP contribution in [0.15, 0.2) is 18.5 Å². The van der Waals surface area contributed by atoms with Gasteiger partial charge in [-0.15, -0.1) is 0 Å². The van der Waals surface area contributed by atoms with Crippen LogP contribution >= 0.6 is 0 Å². The van der Waals surface area contributed by atoms with Crippen molar-refractivity contribution in [2.24, 2.45) is 0 Å². The van der Waals surface area contributed by atoms with E-state index in [1.807, 2.05) is 23.7 Å². The van der Waals surface area contributed by atoms with Gasteiger partial charge < -0.3 is 10.0 Å². The van der Waals surface area contributed by atoms with E-state index in [9.17, 15) is 9.90 Å². The van der Waals surface area contributed by atoms with E-state index in [-0.39, 0.29) is 11.7 Å². The van der Waals surface area contributed by atoms with Crippen LogP contribution in [-0.4, -0.2) is 49.9 Å². The van der Waals surface area contributed by atoms with E-state index in [4.69, 9.17) is 5.10 Å². The van der Waals surface area contributed by atoms with E-state index >= 15 is 0 Å². The number of carboxylic acid groups (broad SMARTS) is 1. The molecule has 8 heteroatoms. The Hall–Kier alpha value is -3.03. The van der Waals surface area contributed by atoms with Crippen LogP contribution in [-0.2, 0) is 0 Å². The van der Waals surface area contributed by atoms with E-state index in [1.165, 1.54) is 25.7 Å². The van der Waals surface area contributed by atoms with Crippen molar-refractivity contribution in [1.82, 2.24) is 24.7 Å². The number of anilines is 1. The SMILES string of the molecule is CN(C)c1ncc(-c2cc(C(=O)O)nc3c2c(C2CCC2)nn3C2CCCCC2)cn1. The minimum Gasteiger partial charge on any atom is -0.477 e. The van der Waals surface area contributed by atoms with Crippen molar-refractivity contribution in [2.75, 3.05) is 19.0 Å². The third kappa shape index (κ3) is 3.54. The molecule has 162 valence electrons. The first-order chi connectivity index (χ1) is 15.0.